The molecule has 0 saturated heterocycles. The Morgan fingerprint density at radius 1 is 0.520 bits per heavy atom. The number of thioether (sulfide) groups is 1. The van der Waals surface area contributed by atoms with Crippen molar-refractivity contribution in [1.29, 1.82) is 0 Å². The smallest absolute Gasteiger partial charge is 0.328 e. The average molecular weight is 1070 g/mol. The van der Waals surface area contributed by atoms with Gasteiger partial charge in [0, 0.05) is 19.3 Å². The Labute approximate surface area is 436 Å². The number of nitrogens with two attached hydrogens (primary N) is 1. The van der Waals surface area contributed by atoms with Crippen molar-refractivity contribution in [3.8, 4) is 5.75 Å². The van der Waals surface area contributed by atoms with Crippen LogP contribution in [0, 0.1) is 0 Å². The van der Waals surface area contributed by atoms with Crippen LogP contribution >= 0.6 is 11.8 Å². The number of carboxylic acids is 1. The molecular formula is C49H66N10O15S. The maximum atomic E-state index is 13.9. The summed E-state index contributed by atoms with van der Waals surface area (Å²) in [5.41, 5.74) is 7.09. The molecule has 408 valence electrons. The third-order valence-electron chi connectivity index (χ3n) is 11.2. The van der Waals surface area contributed by atoms with Crippen LogP contribution in [-0.4, -0.2) is 177 Å². The van der Waals surface area contributed by atoms with Crippen LogP contribution in [0.15, 0.2) is 84.9 Å². The molecule has 26 heteroatoms. The van der Waals surface area contributed by atoms with Crippen molar-refractivity contribution in [3.05, 3.63) is 102 Å². The van der Waals surface area contributed by atoms with Crippen molar-refractivity contribution in [2.75, 3.05) is 38.3 Å². The fourth-order valence-corrected chi connectivity index (χ4v) is 7.48. The third-order valence-corrected chi connectivity index (χ3v) is 11.8. The van der Waals surface area contributed by atoms with E-state index in [-0.39, 0.29) is 31.4 Å². The van der Waals surface area contributed by atoms with Gasteiger partial charge in [-0.2, -0.15) is 11.8 Å². The molecule has 0 heterocycles. The molecule has 3 aromatic carbocycles. The number of amides is 9. The molecule has 16 N–H and O–H groups in total. The molecule has 0 fully saturated rings. The summed E-state index contributed by atoms with van der Waals surface area (Å²) in [7, 11) is 0. The van der Waals surface area contributed by atoms with Crippen LogP contribution in [-0.2, 0) is 67.2 Å². The molecular weight excluding hydrogens is 1000 g/mol. The van der Waals surface area contributed by atoms with Crippen LogP contribution in [0.1, 0.15) is 37.0 Å². The van der Waals surface area contributed by atoms with Crippen LogP contribution in [0.5, 0.6) is 5.75 Å². The molecule has 9 amide bonds. The van der Waals surface area contributed by atoms with Crippen LogP contribution < -0.4 is 53.6 Å². The van der Waals surface area contributed by atoms with E-state index in [1.165, 1.54) is 49.9 Å². The van der Waals surface area contributed by atoms with E-state index in [0.29, 0.717) is 22.4 Å². The number of aliphatic hydroxyl groups is 3. The first kappa shape index (κ1) is 61.6. The number of aromatic hydroxyl groups is 1. The van der Waals surface area contributed by atoms with Gasteiger partial charge in [-0.25, -0.2) is 4.79 Å². The number of carbonyl (C=O) groups is 10. The fourth-order valence-electron chi connectivity index (χ4n) is 7.01. The molecule has 0 aliphatic rings. The summed E-state index contributed by atoms with van der Waals surface area (Å²) in [5, 5.41) is 70.9. The van der Waals surface area contributed by atoms with Crippen molar-refractivity contribution < 1.29 is 73.5 Å². The molecule has 3 rings (SSSR count). The number of hydrogen-bond donors (Lipinski definition) is 15. The molecule has 0 aromatic heterocycles. The Kier molecular flexibility index (Phi) is 26.2. The number of carboxylic acid groups (broad SMARTS) is 1. The molecule has 0 aliphatic carbocycles. The van der Waals surface area contributed by atoms with Crippen LogP contribution in [0.3, 0.4) is 0 Å². The summed E-state index contributed by atoms with van der Waals surface area (Å²) in [6.45, 7) is -0.706. The highest BCUT2D eigenvalue weighted by Crippen LogP contribution is 2.13. The number of phenols is 1. The van der Waals surface area contributed by atoms with Gasteiger partial charge in [0.25, 0.3) is 0 Å². The maximum absolute atomic E-state index is 13.9. The van der Waals surface area contributed by atoms with Crippen LogP contribution in [0.2, 0.25) is 0 Å². The zero-order chi connectivity index (χ0) is 55.6. The number of hydrogen-bond acceptors (Lipinski definition) is 16. The standard InChI is InChI=1S/C49H66N10O15S/c1-27(42(66)55-33(18-19-75-3)44(68)58-38(26-61)49(73)74)52-45(69)34(22-31-14-16-32(63)17-15-31)54-40(65)24-51-43(67)37(25-60)57-46(70)36(21-30-12-8-5-9-13-30)56-48(72)41(28(2)62)59-47(71)35(53-39(64)23-50)20-29-10-6-4-7-11-29/h4-17,27-28,33-38,41,60-63H,18-26,50H2,1-3H3,(H,51,67)(H,52,69)(H,53,64)(H,54,65)(H,55,66)(H,56,72)(H,57,70)(H,58,68)(H,59,71)(H,73,74)/t27-,28+,33-,34-,35-,36-,37-,38-,41-/m0/s1. The van der Waals surface area contributed by atoms with Gasteiger partial charge in [0.05, 0.1) is 32.4 Å². The first-order chi connectivity index (χ1) is 35.7. The van der Waals surface area contributed by atoms with Gasteiger partial charge >= 0.3 is 5.97 Å². The minimum atomic E-state index is -1.73. The topological polar surface area (TPSA) is 406 Å². The SMILES string of the molecule is CSCC[C@H](NC(=O)[C@H](C)NC(=O)[C@H](Cc1ccc(O)cc1)NC(=O)CNC(=O)[C@H](CO)NC(=O)[C@H](Cc1ccccc1)NC(=O)[C@@H](NC(=O)[C@H](Cc1ccccc1)NC(=O)CN)[C@@H](C)O)C(=O)N[C@@H](CO)C(=O)O. The lowest BCUT2D eigenvalue weighted by Gasteiger charge is -2.27. The lowest BCUT2D eigenvalue weighted by molar-refractivity contribution is -0.143. The molecule has 0 bridgehead atoms. The van der Waals surface area contributed by atoms with Crippen molar-refractivity contribution in [1.82, 2.24) is 47.9 Å². The number of benzene rings is 3. The summed E-state index contributed by atoms with van der Waals surface area (Å²) in [5.74, 6) is -9.52. The second-order valence-corrected chi connectivity index (χ2v) is 18.1. The number of phenolic OH excluding ortho intramolecular Hbond substituents is 1. The molecule has 0 radical (unpaired) electrons. The third kappa shape index (κ3) is 21.4. The summed E-state index contributed by atoms with van der Waals surface area (Å²) in [6, 6.07) is 10.7. The highest BCUT2D eigenvalue weighted by atomic mass is 32.2. The first-order valence-electron chi connectivity index (χ1n) is 23.6. The van der Waals surface area contributed by atoms with Gasteiger partial charge in [-0.05, 0) is 61.1 Å². The Morgan fingerprint density at radius 3 is 1.45 bits per heavy atom. The maximum Gasteiger partial charge on any atom is 0.328 e. The van der Waals surface area contributed by atoms with E-state index in [1.54, 1.807) is 66.9 Å². The van der Waals surface area contributed by atoms with Gasteiger partial charge in [0.1, 0.15) is 54.1 Å². The summed E-state index contributed by atoms with van der Waals surface area (Å²) in [4.78, 5) is 132. The Morgan fingerprint density at radius 2 is 0.960 bits per heavy atom. The normalized spacial score (nSPS) is 14.5. The Balaban J connectivity index is 1.75. The molecule has 3 aromatic rings. The van der Waals surface area contributed by atoms with Crippen LogP contribution in [0.25, 0.3) is 0 Å². The predicted octanol–water partition coefficient (Wildman–Crippen LogP) is -4.40. The minimum Gasteiger partial charge on any atom is -0.508 e. The van der Waals surface area contributed by atoms with Gasteiger partial charge < -0.3 is 79.1 Å². The van der Waals surface area contributed by atoms with E-state index >= 15 is 0 Å². The predicted molar refractivity (Wildman–Crippen MR) is 272 cm³/mol. The number of carbonyl (C=O) groups excluding carboxylic acids is 9. The molecule has 0 saturated carbocycles. The fraction of sp³-hybridized carbons (Fsp3) is 0.429. The lowest BCUT2D eigenvalue weighted by atomic mass is 10.0. The minimum absolute atomic E-state index is 0.00925. The van der Waals surface area contributed by atoms with E-state index in [9.17, 15) is 73.5 Å². The van der Waals surface area contributed by atoms with Crippen molar-refractivity contribution in [3.63, 3.8) is 0 Å². The van der Waals surface area contributed by atoms with E-state index in [4.69, 9.17) is 5.73 Å². The highest BCUT2D eigenvalue weighted by Gasteiger charge is 2.35. The van der Waals surface area contributed by atoms with Gasteiger partial charge in [0.2, 0.25) is 53.2 Å². The molecule has 0 aliphatic heterocycles. The first-order valence-corrected chi connectivity index (χ1v) is 24.9. The Bertz CT molecular complexity index is 2400. The average Bonchev–Trinajstić information content (AvgIpc) is 3.39. The quantitative estimate of drug-likeness (QED) is 0.0289. The van der Waals surface area contributed by atoms with Crippen LogP contribution in [0.4, 0.5) is 0 Å². The number of nitrogens with one attached hydrogen (secondary N) is 9. The number of aliphatic hydroxyl groups excluding tert-OH is 3. The summed E-state index contributed by atoms with van der Waals surface area (Å²) < 4.78 is 0. The number of aliphatic carboxylic acids is 1. The monoisotopic (exact) mass is 1070 g/mol. The molecule has 25 nitrogen and oxygen atoms in total. The summed E-state index contributed by atoms with van der Waals surface area (Å²) in [6.07, 6.45) is -0.170. The van der Waals surface area contributed by atoms with Gasteiger partial charge in [-0.15, -0.1) is 0 Å². The molecule has 9 atom stereocenters. The van der Waals surface area contributed by atoms with Gasteiger partial charge in [-0.1, -0.05) is 72.8 Å². The highest BCUT2D eigenvalue weighted by molar-refractivity contribution is 7.98. The second-order valence-electron chi connectivity index (χ2n) is 17.1. The Hall–Kier alpha value is -7.65. The number of rotatable bonds is 31. The van der Waals surface area contributed by atoms with Crippen molar-refractivity contribution >= 4 is 70.9 Å². The van der Waals surface area contributed by atoms with E-state index in [2.05, 4.69) is 47.9 Å². The largest absolute Gasteiger partial charge is 0.508 e. The van der Waals surface area contributed by atoms with E-state index < -0.39 is 140 Å². The molecule has 0 spiro atoms. The zero-order valence-electron chi connectivity index (χ0n) is 41.4. The summed E-state index contributed by atoms with van der Waals surface area (Å²) >= 11 is 1.33. The zero-order valence-corrected chi connectivity index (χ0v) is 42.3. The molecule has 0 unspecified atom stereocenters. The van der Waals surface area contributed by atoms with Crippen molar-refractivity contribution in [2.24, 2.45) is 5.73 Å². The van der Waals surface area contributed by atoms with Gasteiger partial charge in [-0.3, -0.25) is 43.2 Å². The van der Waals surface area contributed by atoms with E-state index in [1.807, 2.05) is 0 Å². The van der Waals surface area contributed by atoms with Gasteiger partial charge in [0.15, 0.2) is 0 Å². The van der Waals surface area contributed by atoms with Crippen molar-refractivity contribution in [2.45, 2.75) is 94.0 Å². The van der Waals surface area contributed by atoms with E-state index in [0.717, 1.165) is 0 Å². The second kappa shape index (κ2) is 31.8. The lowest BCUT2D eigenvalue weighted by Crippen LogP contribution is -2.61. The molecule has 75 heavy (non-hydrogen) atoms.